The molecule has 0 saturated carbocycles. The number of fused-ring (bicyclic) bond motifs is 2. The van der Waals surface area contributed by atoms with Crippen LogP contribution in [0.4, 0.5) is 0 Å². The lowest BCUT2D eigenvalue weighted by Gasteiger charge is -2.46. The second-order valence-electron chi connectivity index (χ2n) is 10.6. The molecular weight excluding hydrogens is 408 g/mol. The number of allylic oxidation sites excluding steroid dienone is 2. The summed E-state index contributed by atoms with van der Waals surface area (Å²) in [5.41, 5.74) is 2.37. The fourth-order valence-electron chi connectivity index (χ4n) is 4.81. The molecule has 0 radical (unpaired) electrons. The molecule has 0 saturated heterocycles. The number of Topliss-reactive ketones (excluding diaryl/α,β-unsaturated/α-hetero) is 1. The molecule has 4 atom stereocenters. The van der Waals surface area contributed by atoms with Crippen molar-refractivity contribution in [3.8, 4) is 11.8 Å². The first kappa shape index (κ1) is 22.6. The van der Waals surface area contributed by atoms with Gasteiger partial charge in [0.2, 0.25) is 14.1 Å². The minimum absolute atomic E-state index is 0.0441. The van der Waals surface area contributed by atoms with Gasteiger partial charge < -0.3 is 4.43 Å². The van der Waals surface area contributed by atoms with E-state index in [1.807, 2.05) is 12.1 Å². The van der Waals surface area contributed by atoms with Gasteiger partial charge in [-0.1, -0.05) is 87.4 Å². The average Bonchev–Trinajstić information content (AvgIpc) is 2.75. The van der Waals surface area contributed by atoms with Crippen molar-refractivity contribution in [2.75, 3.05) is 0 Å². The van der Waals surface area contributed by atoms with Gasteiger partial charge in [-0.05, 0) is 47.7 Å². The minimum Gasteiger partial charge on any atom is -0.547 e. The zero-order chi connectivity index (χ0) is 22.9. The van der Waals surface area contributed by atoms with Crippen molar-refractivity contribution in [1.82, 2.24) is 0 Å². The number of carbonyl (C=O) groups excluding carboxylic acids is 1. The van der Waals surface area contributed by atoms with Crippen LogP contribution in [0.1, 0.15) is 56.6 Å². The normalized spacial score (nSPS) is 25.7. The molecule has 0 unspecified atom stereocenters. The van der Waals surface area contributed by atoms with E-state index in [-0.39, 0.29) is 34.5 Å². The number of benzene rings is 2. The van der Waals surface area contributed by atoms with Gasteiger partial charge in [0.15, 0.2) is 0 Å². The van der Waals surface area contributed by atoms with E-state index in [4.69, 9.17) is 4.43 Å². The van der Waals surface area contributed by atoms with Crippen molar-refractivity contribution in [2.45, 2.75) is 63.6 Å². The highest BCUT2D eigenvalue weighted by molar-refractivity contribution is 6.74. The van der Waals surface area contributed by atoms with E-state index in [1.165, 1.54) is 5.56 Å². The van der Waals surface area contributed by atoms with E-state index in [0.29, 0.717) is 0 Å². The maximum atomic E-state index is 13.5. The minimum atomic E-state index is -2.04. The van der Waals surface area contributed by atoms with Crippen LogP contribution in [0.5, 0.6) is 0 Å². The number of hydrogen-bond acceptors (Lipinski definition) is 2. The standard InChI is InChI=1S/C29H34O2Si/c1-29(2,3)32(4,5)31-26-20-24(21-14-8-6-9-15-21)28-25(30)19-13-12-18-23(26)27(28)22-16-10-7-11-17-22/h6-11,14-17,20,23-24,27-28H,12,18H2,1-5H3/t23-,24-,27+,28-/m1/s1. The largest absolute Gasteiger partial charge is 0.547 e. The Hall–Kier alpha value is -2.57. The van der Waals surface area contributed by atoms with Gasteiger partial charge in [-0.15, -0.1) is 0 Å². The van der Waals surface area contributed by atoms with Gasteiger partial charge in [-0.2, -0.15) is 0 Å². The predicted molar refractivity (Wildman–Crippen MR) is 134 cm³/mol. The molecule has 0 amide bonds. The third-order valence-corrected chi connectivity index (χ3v) is 11.9. The molecule has 166 valence electrons. The van der Waals surface area contributed by atoms with Gasteiger partial charge in [-0.25, -0.2) is 0 Å². The molecule has 0 aromatic heterocycles. The SMILES string of the molecule is CC(C)(C)[Si](C)(C)OC1=C[C@H](c2ccccc2)[C@@H]2C(=O)C#CCC[C@H]1[C@@H]2c1ccccc1. The molecular formula is C29H34O2Si. The zero-order valence-electron chi connectivity index (χ0n) is 19.9. The highest BCUT2D eigenvalue weighted by atomic mass is 28.4. The zero-order valence-corrected chi connectivity index (χ0v) is 20.9. The highest BCUT2D eigenvalue weighted by Crippen LogP contribution is 2.52. The second-order valence-corrected chi connectivity index (χ2v) is 15.4. The number of hydrogen-bond donors (Lipinski definition) is 0. The topological polar surface area (TPSA) is 26.3 Å². The van der Waals surface area contributed by atoms with Crippen LogP contribution in [-0.4, -0.2) is 14.1 Å². The first-order chi connectivity index (χ1) is 15.2. The molecule has 2 nitrogen and oxygen atoms in total. The fraction of sp³-hybridized carbons (Fsp3) is 0.414. The first-order valence-electron chi connectivity index (χ1n) is 11.7. The lowest BCUT2D eigenvalue weighted by Crippen LogP contribution is -2.44. The van der Waals surface area contributed by atoms with Crippen LogP contribution < -0.4 is 0 Å². The predicted octanol–water partition coefficient (Wildman–Crippen LogP) is 7.07. The van der Waals surface area contributed by atoms with Crippen molar-refractivity contribution in [2.24, 2.45) is 11.8 Å². The summed E-state index contributed by atoms with van der Waals surface area (Å²) in [6.07, 6.45) is 3.91. The Balaban J connectivity index is 1.91. The summed E-state index contributed by atoms with van der Waals surface area (Å²) in [5, 5.41) is 0.104. The van der Waals surface area contributed by atoms with Crippen molar-refractivity contribution < 1.29 is 9.22 Å². The first-order valence-corrected chi connectivity index (χ1v) is 14.6. The molecule has 3 heteroatoms. The summed E-state index contributed by atoms with van der Waals surface area (Å²) in [4.78, 5) is 13.5. The van der Waals surface area contributed by atoms with Crippen LogP contribution in [-0.2, 0) is 9.22 Å². The van der Waals surface area contributed by atoms with E-state index < -0.39 is 8.32 Å². The summed E-state index contributed by atoms with van der Waals surface area (Å²) in [6, 6.07) is 20.9. The fourth-order valence-corrected chi connectivity index (χ4v) is 5.93. The Labute approximate surface area is 194 Å². The molecule has 2 aliphatic rings. The molecule has 2 bridgehead atoms. The van der Waals surface area contributed by atoms with Crippen LogP contribution in [0.15, 0.2) is 72.5 Å². The number of rotatable bonds is 4. The van der Waals surface area contributed by atoms with Crippen LogP contribution in [0.3, 0.4) is 0 Å². The van der Waals surface area contributed by atoms with Gasteiger partial charge in [0.1, 0.15) is 0 Å². The summed E-state index contributed by atoms with van der Waals surface area (Å²) >= 11 is 0. The second kappa shape index (κ2) is 8.75. The van der Waals surface area contributed by atoms with E-state index in [2.05, 4.69) is 100 Å². The third kappa shape index (κ3) is 4.34. The Morgan fingerprint density at radius 3 is 2.09 bits per heavy atom. The highest BCUT2D eigenvalue weighted by Gasteiger charge is 2.48. The quantitative estimate of drug-likeness (QED) is 0.287. The molecule has 2 aliphatic carbocycles. The Kier molecular flexibility index (Phi) is 6.19. The lowest BCUT2D eigenvalue weighted by atomic mass is 9.62. The molecule has 32 heavy (non-hydrogen) atoms. The number of carbonyl (C=O) groups is 1. The van der Waals surface area contributed by atoms with Gasteiger partial charge in [0.25, 0.3) is 0 Å². The smallest absolute Gasteiger partial charge is 0.250 e. The molecule has 0 heterocycles. The average molecular weight is 443 g/mol. The maximum absolute atomic E-state index is 13.5. The van der Waals surface area contributed by atoms with Crippen LogP contribution >= 0.6 is 0 Å². The van der Waals surface area contributed by atoms with Crippen LogP contribution in [0.2, 0.25) is 18.1 Å². The van der Waals surface area contributed by atoms with Gasteiger partial charge >= 0.3 is 0 Å². The monoisotopic (exact) mass is 442 g/mol. The van der Waals surface area contributed by atoms with Crippen molar-refractivity contribution in [3.05, 3.63) is 83.6 Å². The third-order valence-electron chi connectivity index (χ3n) is 7.56. The summed E-state index contributed by atoms with van der Waals surface area (Å²) < 4.78 is 7.00. The number of ketones is 1. The maximum Gasteiger partial charge on any atom is 0.250 e. The van der Waals surface area contributed by atoms with E-state index in [1.54, 1.807) is 0 Å². The van der Waals surface area contributed by atoms with Crippen molar-refractivity contribution >= 4 is 14.1 Å². The van der Waals surface area contributed by atoms with Crippen LogP contribution in [0.25, 0.3) is 0 Å². The molecule has 0 N–H and O–H groups in total. The Morgan fingerprint density at radius 2 is 1.50 bits per heavy atom. The van der Waals surface area contributed by atoms with E-state index >= 15 is 0 Å². The van der Waals surface area contributed by atoms with Crippen LogP contribution in [0, 0.1) is 23.7 Å². The summed E-state index contributed by atoms with van der Waals surface area (Å²) in [5.74, 6) is 7.24. The van der Waals surface area contributed by atoms with Crippen molar-refractivity contribution in [1.29, 1.82) is 0 Å². The van der Waals surface area contributed by atoms with Crippen molar-refractivity contribution in [3.63, 3.8) is 0 Å². The lowest BCUT2D eigenvalue weighted by molar-refractivity contribution is -0.119. The van der Waals surface area contributed by atoms with E-state index in [0.717, 1.165) is 24.2 Å². The molecule has 2 aromatic carbocycles. The molecule has 4 rings (SSSR count). The Morgan fingerprint density at radius 1 is 0.906 bits per heavy atom. The summed E-state index contributed by atoms with van der Waals surface area (Å²) in [6.45, 7) is 11.5. The Bertz CT molecular complexity index is 1050. The molecule has 0 fully saturated rings. The molecule has 0 spiro atoms. The molecule has 0 aliphatic heterocycles. The van der Waals surface area contributed by atoms with Gasteiger partial charge in [-0.3, -0.25) is 4.79 Å². The van der Waals surface area contributed by atoms with Gasteiger partial charge in [0, 0.05) is 30.1 Å². The summed E-state index contributed by atoms with van der Waals surface area (Å²) in [7, 11) is -2.04. The van der Waals surface area contributed by atoms with Gasteiger partial charge in [0.05, 0.1) is 5.76 Å². The molecule has 2 aromatic rings. The van der Waals surface area contributed by atoms with E-state index in [9.17, 15) is 4.79 Å².